The molecule has 2 aliphatic rings. The number of imide groups is 1. The molecule has 1 saturated heterocycles. The first-order chi connectivity index (χ1) is 16.5. The summed E-state index contributed by atoms with van der Waals surface area (Å²) in [6.07, 6.45) is 0.402. The zero-order chi connectivity index (χ0) is 23.8. The number of carbonyl (C=O) groups excluding carboxylic acids is 2. The number of likely N-dealkylation sites (tertiary alicyclic amines) is 1. The maximum Gasteiger partial charge on any atom is 0.255 e. The number of aromatic hydroxyl groups is 1. The molecule has 34 heavy (non-hydrogen) atoms. The van der Waals surface area contributed by atoms with Crippen LogP contribution >= 0.6 is 0 Å². The number of benzene rings is 3. The van der Waals surface area contributed by atoms with Crippen LogP contribution < -0.4 is 9.75 Å². The standard InChI is InChI=1S/C26H22FN3O4/c1-34-20-9-5-8-19(24(20)31)22-21-23(30(28-22)18-6-3-2-4-7-18)26(33)29(25(21)32)15-14-16-10-12-17(27)13-11-16/h2-13,21,23,31H,14-15H2,1H3. The Bertz CT molecular complexity index is 1280. The zero-order valence-corrected chi connectivity index (χ0v) is 18.4. The number of fused-ring (bicyclic) bond motifs is 1. The van der Waals surface area contributed by atoms with Crippen LogP contribution in [0.15, 0.2) is 77.9 Å². The van der Waals surface area contributed by atoms with Crippen LogP contribution in [0.3, 0.4) is 0 Å². The molecule has 0 radical (unpaired) electrons. The van der Waals surface area contributed by atoms with Gasteiger partial charge < -0.3 is 9.84 Å². The topological polar surface area (TPSA) is 82.4 Å². The molecular formula is C26H22FN3O4. The van der Waals surface area contributed by atoms with Crippen molar-refractivity contribution in [2.75, 3.05) is 18.7 Å². The smallest absolute Gasteiger partial charge is 0.255 e. The molecule has 5 rings (SSSR count). The molecule has 2 atom stereocenters. The van der Waals surface area contributed by atoms with Gasteiger partial charge in [0.1, 0.15) is 17.8 Å². The van der Waals surface area contributed by atoms with E-state index in [2.05, 4.69) is 5.10 Å². The fraction of sp³-hybridized carbons (Fsp3) is 0.192. The summed E-state index contributed by atoms with van der Waals surface area (Å²) < 4.78 is 18.5. The second kappa shape index (κ2) is 8.62. The maximum absolute atomic E-state index is 13.5. The van der Waals surface area contributed by atoms with Crippen molar-refractivity contribution in [3.05, 3.63) is 89.7 Å². The summed E-state index contributed by atoms with van der Waals surface area (Å²) in [4.78, 5) is 28.2. The van der Waals surface area contributed by atoms with E-state index in [9.17, 15) is 19.1 Å². The highest BCUT2D eigenvalue weighted by Crippen LogP contribution is 2.40. The van der Waals surface area contributed by atoms with Gasteiger partial charge in [-0.2, -0.15) is 5.10 Å². The fourth-order valence-corrected chi connectivity index (χ4v) is 4.49. The molecule has 2 aliphatic heterocycles. The van der Waals surface area contributed by atoms with Gasteiger partial charge in [0.25, 0.3) is 5.91 Å². The van der Waals surface area contributed by atoms with E-state index in [4.69, 9.17) is 4.74 Å². The average Bonchev–Trinajstić information content (AvgIpc) is 3.36. The second-order valence-electron chi connectivity index (χ2n) is 8.15. The number of phenolic OH excluding ortho intramolecular Hbond substituents is 1. The summed E-state index contributed by atoms with van der Waals surface area (Å²) in [6.45, 7) is 0.163. The molecular weight excluding hydrogens is 437 g/mol. The van der Waals surface area contributed by atoms with Crippen LogP contribution in [0.2, 0.25) is 0 Å². The van der Waals surface area contributed by atoms with Crippen molar-refractivity contribution in [2.24, 2.45) is 11.0 Å². The minimum absolute atomic E-state index is 0.137. The lowest BCUT2D eigenvalue weighted by Crippen LogP contribution is -2.39. The van der Waals surface area contributed by atoms with Crippen LogP contribution in [0.1, 0.15) is 11.1 Å². The van der Waals surface area contributed by atoms with Crippen LogP contribution in [0, 0.1) is 11.7 Å². The van der Waals surface area contributed by atoms with Crippen molar-refractivity contribution in [3.8, 4) is 11.5 Å². The zero-order valence-electron chi connectivity index (χ0n) is 18.4. The highest BCUT2D eigenvalue weighted by Gasteiger charge is 2.57. The van der Waals surface area contributed by atoms with E-state index in [1.165, 1.54) is 24.1 Å². The number of methoxy groups -OCH3 is 1. The normalized spacial score (nSPS) is 19.4. The third kappa shape index (κ3) is 3.57. The Morgan fingerprint density at radius 1 is 0.971 bits per heavy atom. The van der Waals surface area contributed by atoms with Crippen LogP contribution in [-0.4, -0.2) is 47.2 Å². The Hall–Kier alpha value is -4.20. The summed E-state index contributed by atoms with van der Waals surface area (Å²) >= 11 is 0. The lowest BCUT2D eigenvalue weighted by atomic mass is 9.92. The molecule has 0 aliphatic carbocycles. The number of phenols is 1. The van der Waals surface area contributed by atoms with Gasteiger partial charge in [0, 0.05) is 12.1 Å². The number of para-hydroxylation sites is 2. The van der Waals surface area contributed by atoms with Crippen molar-refractivity contribution in [3.63, 3.8) is 0 Å². The quantitative estimate of drug-likeness (QED) is 0.572. The summed E-state index contributed by atoms with van der Waals surface area (Å²) in [6, 6.07) is 19.2. The van der Waals surface area contributed by atoms with Crippen molar-refractivity contribution in [1.82, 2.24) is 4.90 Å². The summed E-state index contributed by atoms with van der Waals surface area (Å²) in [5.74, 6) is -1.84. The van der Waals surface area contributed by atoms with Gasteiger partial charge >= 0.3 is 0 Å². The van der Waals surface area contributed by atoms with Gasteiger partial charge in [0.05, 0.1) is 18.5 Å². The number of carbonyl (C=O) groups is 2. The largest absolute Gasteiger partial charge is 0.504 e. The number of anilines is 1. The van der Waals surface area contributed by atoms with E-state index in [1.807, 2.05) is 30.3 Å². The number of hydrazone groups is 1. The van der Waals surface area contributed by atoms with Crippen molar-refractivity contribution in [2.45, 2.75) is 12.5 Å². The van der Waals surface area contributed by atoms with E-state index in [0.29, 0.717) is 23.4 Å². The van der Waals surface area contributed by atoms with Crippen LogP contribution in [0.4, 0.5) is 10.1 Å². The van der Waals surface area contributed by atoms with E-state index in [1.54, 1.807) is 35.3 Å². The lowest BCUT2D eigenvalue weighted by molar-refractivity contribution is -0.139. The van der Waals surface area contributed by atoms with E-state index < -0.39 is 12.0 Å². The second-order valence-corrected chi connectivity index (χ2v) is 8.15. The first kappa shape index (κ1) is 21.6. The molecule has 172 valence electrons. The molecule has 0 aromatic heterocycles. The van der Waals surface area contributed by atoms with Crippen molar-refractivity contribution < 1.29 is 23.8 Å². The van der Waals surface area contributed by atoms with Gasteiger partial charge in [0.2, 0.25) is 5.91 Å². The van der Waals surface area contributed by atoms with Crippen molar-refractivity contribution in [1.29, 1.82) is 0 Å². The van der Waals surface area contributed by atoms with Crippen LogP contribution in [0.5, 0.6) is 11.5 Å². The maximum atomic E-state index is 13.5. The molecule has 1 N–H and O–H groups in total. The van der Waals surface area contributed by atoms with Gasteiger partial charge in [-0.15, -0.1) is 0 Å². The van der Waals surface area contributed by atoms with Gasteiger partial charge in [-0.3, -0.25) is 19.5 Å². The molecule has 3 aromatic rings. The molecule has 0 saturated carbocycles. The van der Waals surface area contributed by atoms with Crippen LogP contribution in [-0.2, 0) is 16.0 Å². The Morgan fingerprint density at radius 2 is 1.71 bits per heavy atom. The molecule has 2 heterocycles. The monoisotopic (exact) mass is 459 g/mol. The minimum Gasteiger partial charge on any atom is -0.504 e. The first-order valence-corrected chi connectivity index (χ1v) is 10.9. The number of halogens is 1. The van der Waals surface area contributed by atoms with Crippen molar-refractivity contribution >= 4 is 23.2 Å². The lowest BCUT2D eigenvalue weighted by Gasteiger charge is -2.22. The van der Waals surface area contributed by atoms with Crippen LogP contribution in [0.25, 0.3) is 0 Å². The minimum atomic E-state index is -0.876. The third-order valence-corrected chi connectivity index (χ3v) is 6.19. The average molecular weight is 459 g/mol. The number of hydrogen-bond acceptors (Lipinski definition) is 6. The number of rotatable bonds is 6. The molecule has 2 unspecified atom stereocenters. The fourth-order valence-electron chi connectivity index (χ4n) is 4.49. The molecule has 8 heteroatoms. The molecule has 3 aromatic carbocycles. The van der Waals surface area contributed by atoms with Gasteiger partial charge in [-0.05, 0) is 48.4 Å². The number of ether oxygens (including phenoxy) is 1. The van der Waals surface area contributed by atoms with Gasteiger partial charge in [-0.25, -0.2) is 4.39 Å². The molecule has 7 nitrogen and oxygen atoms in total. The molecule has 0 spiro atoms. The van der Waals surface area contributed by atoms with Gasteiger partial charge in [-0.1, -0.05) is 36.4 Å². The van der Waals surface area contributed by atoms with E-state index in [0.717, 1.165) is 5.56 Å². The molecule has 0 bridgehead atoms. The highest BCUT2D eigenvalue weighted by atomic mass is 19.1. The van der Waals surface area contributed by atoms with E-state index in [-0.39, 0.29) is 35.7 Å². The summed E-state index contributed by atoms with van der Waals surface area (Å²) in [5.41, 5.74) is 2.14. The summed E-state index contributed by atoms with van der Waals surface area (Å²) in [5, 5.41) is 16.9. The third-order valence-electron chi connectivity index (χ3n) is 6.19. The van der Waals surface area contributed by atoms with E-state index >= 15 is 0 Å². The number of nitrogens with zero attached hydrogens (tertiary/aromatic N) is 3. The Morgan fingerprint density at radius 3 is 2.41 bits per heavy atom. The Kier molecular flexibility index (Phi) is 5.49. The van der Waals surface area contributed by atoms with Gasteiger partial charge in [0.15, 0.2) is 11.5 Å². The molecule has 1 fully saturated rings. The predicted octanol–water partition coefficient (Wildman–Crippen LogP) is 3.36. The number of amides is 2. The first-order valence-electron chi connectivity index (χ1n) is 10.9. The summed E-state index contributed by atoms with van der Waals surface area (Å²) in [7, 11) is 1.44. The highest BCUT2D eigenvalue weighted by molar-refractivity contribution is 6.26. The molecule has 2 amide bonds. The predicted molar refractivity (Wildman–Crippen MR) is 124 cm³/mol. The Labute approximate surface area is 195 Å². The Balaban J connectivity index is 1.52. The SMILES string of the molecule is COc1cccc(C2=NN(c3ccccc3)C3C(=O)N(CCc4ccc(F)cc4)C(=O)C23)c1O. The number of hydrogen-bond donors (Lipinski definition) is 1.